The Morgan fingerprint density at radius 3 is 2.61 bits per heavy atom. The highest BCUT2D eigenvalue weighted by molar-refractivity contribution is 7.92. The van der Waals surface area contributed by atoms with Crippen molar-refractivity contribution >= 4 is 21.3 Å². The number of nitrogens with one attached hydrogen (secondary N) is 2. The molecule has 162 valence electrons. The van der Waals surface area contributed by atoms with Crippen molar-refractivity contribution in [2.45, 2.75) is 30.6 Å². The van der Waals surface area contributed by atoms with Gasteiger partial charge >= 0.3 is 0 Å². The number of piperidine rings is 1. The maximum absolute atomic E-state index is 14.4. The molecule has 1 saturated heterocycles. The number of aromatic amines is 1. The van der Waals surface area contributed by atoms with Gasteiger partial charge in [-0.3, -0.25) is 0 Å². The number of nitrogens with zero attached hydrogens (tertiary/aromatic N) is 2. The minimum atomic E-state index is -3.52. The van der Waals surface area contributed by atoms with Crippen molar-refractivity contribution in [2.75, 3.05) is 23.7 Å². The number of hydrogen-bond donors (Lipinski definition) is 2. The summed E-state index contributed by atoms with van der Waals surface area (Å²) in [6.45, 7) is 3.05. The number of sulfone groups is 1. The van der Waals surface area contributed by atoms with Gasteiger partial charge in [-0.25, -0.2) is 17.8 Å². The number of halogens is 1. The first-order valence-electron chi connectivity index (χ1n) is 10.6. The van der Waals surface area contributed by atoms with Gasteiger partial charge in [-0.15, -0.1) is 0 Å². The smallest absolute Gasteiger partial charge is 0.172 e. The van der Waals surface area contributed by atoms with Gasteiger partial charge < -0.3 is 15.2 Å². The summed E-state index contributed by atoms with van der Waals surface area (Å²) in [5.41, 5.74) is 1.72. The molecule has 1 atom stereocenters. The molecule has 0 amide bonds. The monoisotopic (exact) mass is 440 g/mol. The van der Waals surface area contributed by atoms with Crippen molar-refractivity contribution in [3.8, 4) is 11.4 Å². The van der Waals surface area contributed by atoms with Crippen LogP contribution in [0.15, 0.2) is 54.7 Å². The number of anilines is 2. The molecule has 3 aromatic rings. The molecule has 5 rings (SSSR count). The van der Waals surface area contributed by atoms with E-state index in [9.17, 15) is 12.8 Å². The van der Waals surface area contributed by atoms with Gasteiger partial charge in [0.25, 0.3) is 0 Å². The van der Waals surface area contributed by atoms with E-state index in [0.29, 0.717) is 37.6 Å². The summed E-state index contributed by atoms with van der Waals surface area (Å²) in [6.07, 6.45) is 2.99. The third-order valence-electron chi connectivity index (χ3n) is 6.56. The third-order valence-corrected chi connectivity index (χ3v) is 8.71. The molecule has 1 spiro atoms. The summed E-state index contributed by atoms with van der Waals surface area (Å²) in [5.74, 6) is 0.857. The van der Waals surface area contributed by atoms with Gasteiger partial charge in [0.15, 0.2) is 15.7 Å². The van der Waals surface area contributed by atoms with E-state index in [2.05, 4.69) is 10.3 Å². The quantitative estimate of drug-likeness (QED) is 0.646. The number of imidazole rings is 1. The average Bonchev–Trinajstić information content (AvgIpc) is 3.37. The molecule has 2 aliphatic rings. The van der Waals surface area contributed by atoms with Gasteiger partial charge in [0.1, 0.15) is 17.0 Å². The lowest BCUT2D eigenvalue weighted by molar-refractivity contribution is 0.306. The predicted molar refractivity (Wildman–Crippen MR) is 120 cm³/mol. The third kappa shape index (κ3) is 3.16. The van der Waals surface area contributed by atoms with E-state index in [1.807, 2.05) is 35.2 Å². The number of benzene rings is 2. The van der Waals surface area contributed by atoms with E-state index >= 15 is 0 Å². The summed E-state index contributed by atoms with van der Waals surface area (Å²) in [7, 11) is -3.52. The standard InChI is InChI=1S/C23H25FN4O2S/c1-2-31(29,30)22-23(10-12-25-13-11-23)18-14-17(24)8-9-19(18)28(22)20-15-26-21(27-20)16-6-4-3-5-7-16/h3-9,14-15,22,25H,2,10-13H2,1H3,(H,26,27). The van der Waals surface area contributed by atoms with E-state index in [1.165, 1.54) is 12.1 Å². The van der Waals surface area contributed by atoms with Crippen molar-refractivity contribution in [3.05, 3.63) is 66.1 Å². The van der Waals surface area contributed by atoms with Crippen LogP contribution in [0.5, 0.6) is 0 Å². The van der Waals surface area contributed by atoms with Gasteiger partial charge in [-0.2, -0.15) is 0 Å². The van der Waals surface area contributed by atoms with E-state index in [0.717, 1.165) is 16.8 Å². The summed E-state index contributed by atoms with van der Waals surface area (Å²) in [6, 6.07) is 14.3. The van der Waals surface area contributed by atoms with Gasteiger partial charge in [0.2, 0.25) is 0 Å². The molecule has 1 aromatic heterocycles. The molecule has 1 fully saturated rings. The van der Waals surface area contributed by atoms with Gasteiger partial charge in [0, 0.05) is 28.6 Å². The number of fused-ring (bicyclic) bond motifs is 2. The van der Waals surface area contributed by atoms with Crippen molar-refractivity contribution in [1.82, 2.24) is 15.3 Å². The first-order chi connectivity index (χ1) is 15.0. The lowest BCUT2D eigenvalue weighted by atomic mass is 9.74. The normalized spacial score (nSPS) is 20.2. The van der Waals surface area contributed by atoms with Crippen LogP contribution in [0.2, 0.25) is 0 Å². The van der Waals surface area contributed by atoms with Gasteiger partial charge in [-0.1, -0.05) is 37.3 Å². The van der Waals surface area contributed by atoms with E-state index in [4.69, 9.17) is 4.98 Å². The molecule has 3 heterocycles. The molecule has 8 heteroatoms. The molecule has 0 radical (unpaired) electrons. The molecule has 0 aliphatic carbocycles. The van der Waals surface area contributed by atoms with E-state index in [-0.39, 0.29) is 11.6 Å². The van der Waals surface area contributed by atoms with Crippen LogP contribution in [-0.4, -0.2) is 42.6 Å². The molecule has 2 aliphatic heterocycles. The second-order valence-corrected chi connectivity index (χ2v) is 10.6. The second kappa shape index (κ2) is 7.46. The van der Waals surface area contributed by atoms with Gasteiger partial charge in [-0.05, 0) is 49.7 Å². The van der Waals surface area contributed by atoms with Crippen LogP contribution in [0.4, 0.5) is 15.9 Å². The number of aromatic nitrogens is 2. The molecular weight excluding hydrogens is 415 g/mol. The Bertz CT molecular complexity index is 1200. The lowest BCUT2D eigenvalue weighted by Crippen LogP contribution is -2.53. The molecule has 0 saturated carbocycles. The Hall–Kier alpha value is -2.71. The Kier molecular flexibility index (Phi) is 4.86. The van der Waals surface area contributed by atoms with Crippen LogP contribution >= 0.6 is 0 Å². The molecule has 1 unspecified atom stereocenters. The summed E-state index contributed by atoms with van der Waals surface area (Å²) in [5, 5.41) is 2.50. The highest BCUT2D eigenvalue weighted by Gasteiger charge is 2.57. The summed E-state index contributed by atoms with van der Waals surface area (Å²) < 4.78 is 41.3. The van der Waals surface area contributed by atoms with Crippen molar-refractivity contribution < 1.29 is 12.8 Å². The number of H-pyrrole nitrogens is 1. The van der Waals surface area contributed by atoms with Gasteiger partial charge in [0.05, 0.1) is 0 Å². The minimum Gasteiger partial charge on any atom is -0.343 e. The molecule has 2 aromatic carbocycles. The van der Waals surface area contributed by atoms with Crippen LogP contribution in [-0.2, 0) is 15.3 Å². The zero-order chi connectivity index (χ0) is 21.6. The number of hydrogen-bond acceptors (Lipinski definition) is 5. The first kappa shape index (κ1) is 20.2. The average molecular weight is 441 g/mol. The Labute approximate surface area is 181 Å². The van der Waals surface area contributed by atoms with Crippen molar-refractivity contribution in [3.63, 3.8) is 0 Å². The Morgan fingerprint density at radius 2 is 1.90 bits per heavy atom. The Balaban J connectivity index is 1.71. The van der Waals surface area contributed by atoms with E-state index in [1.54, 1.807) is 19.2 Å². The molecular formula is C23H25FN4O2S. The maximum Gasteiger partial charge on any atom is 0.172 e. The lowest BCUT2D eigenvalue weighted by Gasteiger charge is -2.41. The molecule has 2 N–H and O–H groups in total. The molecule has 31 heavy (non-hydrogen) atoms. The van der Waals surface area contributed by atoms with Crippen LogP contribution in [0.1, 0.15) is 25.3 Å². The van der Waals surface area contributed by atoms with Crippen LogP contribution < -0.4 is 10.2 Å². The van der Waals surface area contributed by atoms with Crippen molar-refractivity contribution in [2.24, 2.45) is 0 Å². The van der Waals surface area contributed by atoms with E-state index < -0.39 is 20.6 Å². The highest BCUT2D eigenvalue weighted by Crippen LogP contribution is 2.54. The fourth-order valence-corrected chi connectivity index (χ4v) is 7.01. The topological polar surface area (TPSA) is 78.1 Å². The highest BCUT2D eigenvalue weighted by atomic mass is 32.2. The maximum atomic E-state index is 14.4. The SMILES string of the molecule is CCS(=O)(=O)C1N(c2c[nH]c(-c3ccccc3)n2)c2ccc(F)cc2C12CCNCC2. The Morgan fingerprint density at radius 1 is 1.16 bits per heavy atom. The van der Waals surface area contributed by atoms with Crippen LogP contribution in [0.3, 0.4) is 0 Å². The first-order valence-corrected chi connectivity index (χ1v) is 12.3. The fourth-order valence-electron chi connectivity index (χ4n) is 5.10. The molecule has 0 bridgehead atoms. The second-order valence-electron chi connectivity index (χ2n) is 8.21. The zero-order valence-electron chi connectivity index (χ0n) is 17.3. The fraction of sp³-hybridized carbons (Fsp3) is 0.348. The van der Waals surface area contributed by atoms with Crippen molar-refractivity contribution in [1.29, 1.82) is 0 Å². The summed E-state index contributed by atoms with van der Waals surface area (Å²) in [4.78, 5) is 9.75. The molecule has 6 nitrogen and oxygen atoms in total. The van der Waals surface area contributed by atoms with Crippen LogP contribution in [0.25, 0.3) is 11.4 Å². The zero-order valence-corrected chi connectivity index (χ0v) is 18.1. The summed E-state index contributed by atoms with van der Waals surface area (Å²) >= 11 is 0. The van der Waals surface area contributed by atoms with Crippen LogP contribution in [0, 0.1) is 5.82 Å². The minimum absolute atomic E-state index is 0.00970. The number of rotatable bonds is 4. The largest absolute Gasteiger partial charge is 0.343 e. The predicted octanol–water partition coefficient (Wildman–Crippen LogP) is 3.75.